The molecule has 15 heavy (non-hydrogen) atoms. The minimum Gasteiger partial charge on any atom is -0.481 e. The van der Waals surface area contributed by atoms with Crippen LogP contribution in [0.4, 0.5) is 0 Å². The van der Waals surface area contributed by atoms with E-state index in [9.17, 15) is 9.59 Å². The number of rotatable bonds is 4. The number of hydrogen-bond donors (Lipinski definition) is 3. The summed E-state index contributed by atoms with van der Waals surface area (Å²) in [6.07, 6.45) is 1.000. The number of nitrogens with two attached hydrogens (primary N) is 1. The summed E-state index contributed by atoms with van der Waals surface area (Å²) in [7, 11) is 0. The van der Waals surface area contributed by atoms with Crippen LogP contribution in [-0.4, -0.2) is 42.3 Å². The van der Waals surface area contributed by atoms with Crippen LogP contribution in [0.15, 0.2) is 0 Å². The first-order chi connectivity index (χ1) is 7.09. The van der Waals surface area contributed by atoms with Gasteiger partial charge in [-0.2, -0.15) is 0 Å². The van der Waals surface area contributed by atoms with Gasteiger partial charge in [0.2, 0.25) is 0 Å². The smallest absolute Gasteiger partial charge is 0.323 e. The van der Waals surface area contributed by atoms with E-state index in [1.807, 2.05) is 0 Å². The van der Waals surface area contributed by atoms with Gasteiger partial charge in [-0.1, -0.05) is 0 Å². The van der Waals surface area contributed by atoms with Crippen molar-refractivity contribution in [2.24, 2.45) is 5.73 Å². The van der Waals surface area contributed by atoms with Gasteiger partial charge in [0.15, 0.2) is 0 Å². The minimum absolute atomic E-state index is 0.126. The van der Waals surface area contributed by atoms with Gasteiger partial charge in [0.05, 0.1) is 6.42 Å². The van der Waals surface area contributed by atoms with Gasteiger partial charge in [0.25, 0.3) is 0 Å². The van der Waals surface area contributed by atoms with Crippen molar-refractivity contribution in [1.82, 2.24) is 5.32 Å². The standard InChI is InChI=1S/C9H16N2O4/c10-7(5-8(12)13)9(14)15-6-1-3-11-4-2-6/h6-7,11H,1-5,10H2,(H,12,13)/t7-/m0/s1. The molecule has 0 aliphatic carbocycles. The molecule has 1 fully saturated rings. The quantitative estimate of drug-likeness (QED) is 0.525. The second kappa shape index (κ2) is 5.67. The number of carboxylic acid groups (broad SMARTS) is 1. The number of esters is 1. The lowest BCUT2D eigenvalue weighted by Gasteiger charge is -2.23. The van der Waals surface area contributed by atoms with Crippen molar-refractivity contribution >= 4 is 11.9 Å². The number of hydrogen-bond acceptors (Lipinski definition) is 5. The molecule has 0 saturated carbocycles. The molecule has 0 amide bonds. The Kier molecular flexibility index (Phi) is 4.51. The van der Waals surface area contributed by atoms with Gasteiger partial charge in [-0.25, -0.2) is 0 Å². The highest BCUT2D eigenvalue weighted by Crippen LogP contribution is 2.08. The van der Waals surface area contributed by atoms with Crippen molar-refractivity contribution in [3.05, 3.63) is 0 Å². The van der Waals surface area contributed by atoms with Gasteiger partial charge < -0.3 is 20.9 Å². The Hall–Kier alpha value is -1.14. The molecule has 0 unspecified atom stereocenters. The van der Waals surface area contributed by atoms with E-state index in [1.54, 1.807) is 0 Å². The summed E-state index contributed by atoms with van der Waals surface area (Å²) in [6.45, 7) is 1.62. The third-order valence-corrected chi connectivity index (χ3v) is 2.27. The van der Waals surface area contributed by atoms with Gasteiger partial charge in [-0.15, -0.1) is 0 Å². The molecule has 86 valence electrons. The van der Waals surface area contributed by atoms with E-state index < -0.39 is 18.0 Å². The Morgan fingerprint density at radius 1 is 1.47 bits per heavy atom. The molecule has 1 rings (SSSR count). The van der Waals surface area contributed by atoms with Crippen molar-refractivity contribution < 1.29 is 19.4 Å². The van der Waals surface area contributed by atoms with Gasteiger partial charge in [-0.05, 0) is 25.9 Å². The molecule has 0 aromatic heterocycles. The Labute approximate surface area is 87.8 Å². The largest absolute Gasteiger partial charge is 0.481 e. The first-order valence-electron chi connectivity index (χ1n) is 4.98. The number of carboxylic acids is 1. The van der Waals surface area contributed by atoms with Crippen LogP contribution in [0.2, 0.25) is 0 Å². The summed E-state index contributed by atoms with van der Waals surface area (Å²) in [6, 6.07) is -1.06. The van der Waals surface area contributed by atoms with Crippen LogP contribution in [0.3, 0.4) is 0 Å². The Morgan fingerprint density at radius 3 is 2.60 bits per heavy atom. The fraction of sp³-hybridized carbons (Fsp3) is 0.778. The van der Waals surface area contributed by atoms with E-state index >= 15 is 0 Å². The van der Waals surface area contributed by atoms with E-state index in [0.29, 0.717) is 0 Å². The molecular formula is C9H16N2O4. The maximum Gasteiger partial charge on any atom is 0.323 e. The number of piperidine rings is 1. The summed E-state index contributed by atoms with van der Waals surface area (Å²) in [5.41, 5.74) is 5.36. The normalized spacial score (nSPS) is 19.5. The molecular weight excluding hydrogens is 200 g/mol. The monoisotopic (exact) mass is 216 g/mol. The second-order valence-corrected chi connectivity index (χ2v) is 3.59. The molecule has 0 aromatic rings. The lowest BCUT2D eigenvalue weighted by molar-refractivity contribution is -0.154. The van der Waals surface area contributed by atoms with Crippen LogP contribution in [0.25, 0.3) is 0 Å². The molecule has 1 aliphatic rings. The molecule has 0 bridgehead atoms. The fourth-order valence-corrected chi connectivity index (χ4v) is 1.44. The highest BCUT2D eigenvalue weighted by molar-refractivity contribution is 5.81. The van der Waals surface area contributed by atoms with E-state index in [2.05, 4.69) is 5.32 Å². The van der Waals surface area contributed by atoms with Crippen LogP contribution in [0.5, 0.6) is 0 Å². The first kappa shape index (κ1) is 11.9. The van der Waals surface area contributed by atoms with E-state index in [-0.39, 0.29) is 12.5 Å². The van der Waals surface area contributed by atoms with Crippen LogP contribution >= 0.6 is 0 Å². The number of ether oxygens (including phenoxy) is 1. The zero-order chi connectivity index (χ0) is 11.3. The van der Waals surface area contributed by atoms with Crippen molar-refractivity contribution in [2.45, 2.75) is 31.4 Å². The molecule has 0 spiro atoms. The maximum absolute atomic E-state index is 11.3. The summed E-state index contributed by atoms with van der Waals surface area (Å²) in [5.74, 6) is -1.71. The molecule has 1 atom stereocenters. The van der Waals surface area contributed by atoms with Crippen molar-refractivity contribution in [3.8, 4) is 0 Å². The van der Waals surface area contributed by atoms with Crippen LogP contribution in [0, 0.1) is 0 Å². The minimum atomic E-state index is -1.09. The number of carbonyl (C=O) groups is 2. The highest BCUT2D eigenvalue weighted by atomic mass is 16.5. The van der Waals surface area contributed by atoms with Gasteiger partial charge in [0.1, 0.15) is 12.1 Å². The molecule has 0 aromatic carbocycles. The highest BCUT2D eigenvalue weighted by Gasteiger charge is 2.23. The molecule has 6 heteroatoms. The van der Waals surface area contributed by atoms with E-state index in [4.69, 9.17) is 15.6 Å². The SMILES string of the molecule is N[C@@H](CC(=O)O)C(=O)OC1CCNCC1. The van der Waals surface area contributed by atoms with Gasteiger partial charge in [-0.3, -0.25) is 9.59 Å². The molecule has 6 nitrogen and oxygen atoms in total. The third-order valence-electron chi connectivity index (χ3n) is 2.27. The first-order valence-corrected chi connectivity index (χ1v) is 4.98. The Morgan fingerprint density at radius 2 is 2.07 bits per heavy atom. The second-order valence-electron chi connectivity index (χ2n) is 3.59. The molecule has 1 aliphatic heterocycles. The summed E-state index contributed by atoms with van der Waals surface area (Å²) >= 11 is 0. The third kappa shape index (κ3) is 4.26. The zero-order valence-electron chi connectivity index (χ0n) is 8.44. The van der Waals surface area contributed by atoms with Crippen LogP contribution in [-0.2, 0) is 14.3 Å². The van der Waals surface area contributed by atoms with Gasteiger partial charge in [0, 0.05) is 0 Å². The van der Waals surface area contributed by atoms with Gasteiger partial charge >= 0.3 is 11.9 Å². The lowest BCUT2D eigenvalue weighted by Crippen LogP contribution is -2.40. The summed E-state index contributed by atoms with van der Waals surface area (Å²) < 4.78 is 5.09. The maximum atomic E-state index is 11.3. The molecule has 0 radical (unpaired) electrons. The molecule has 1 saturated heterocycles. The number of aliphatic carboxylic acids is 1. The van der Waals surface area contributed by atoms with E-state index in [1.165, 1.54) is 0 Å². The van der Waals surface area contributed by atoms with Crippen LogP contribution < -0.4 is 11.1 Å². The number of carbonyl (C=O) groups excluding carboxylic acids is 1. The lowest BCUT2D eigenvalue weighted by atomic mass is 10.1. The van der Waals surface area contributed by atoms with Crippen LogP contribution in [0.1, 0.15) is 19.3 Å². The average molecular weight is 216 g/mol. The summed E-state index contributed by atoms with van der Waals surface area (Å²) in [5, 5.41) is 11.6. The fourth-order valence-electron chi connectivity index (χ4n) is 1.44. The average Bonchev–Trinajstić information content (AvgIpc) is 2.18. The zero-order valence-corrected chi connectivity index (χ0v) is 8.44. The number of nitrogens with one attached hydrogen (secondary N) is 1. The molecule has 1 heterocycles. The molecule has 4 N–H and O–H groups in total. The van der Waals surface area contributed by atoms with Crippen molar-refractivity contribution in [2.75, 3.05) is 13.1 Å². The topological polar surface area (TPSA) is 102 Å². The predicted octanol–water partition coefficient (Wildman–Crippen LogP) is -0.916. The Balaban J connectivity index is 2.30. The summed E-state index contributed by atoms with van der Waals surface area (Å²) in [4.78, 5) is 21.6. The Bertz CT molecular complexity index is 238. The van der Waals surface area contributed by atoms with E-state index in [0.717, 1.165) is 25.9 Å². The van der Waals surface area contributed by atoms with Crippen molar-refractivity contribution in [1.29, 1.82) is 0 Å². The van der Waals surface area contributed by atoms with Crippen molar-refractivity contribution in [3.63, 3.8) is 0 Å². The predicted molar refractivity (Wildman–Crippen MR) is 52.2 cm³/mol.